The molecule has 0 heterocycles. The summed E-state index contributed by atoms with van der Waals surface area (Å²) < 4.78 is 27.8. The van der Waals surface area contributed by atoms with E-state index in [9.17, 15) is 18.3 Å². The maximum atomic E-state index is 11.7. The lowest BCUT2D eigenvalue weighted by Gasteiger charge is -2.09. The number of phenolic OH excluding ortho intramolecular Hbond substituents is 1. The summed E-state index contributed by atoms with van der Waals surface area (Å²) in [5.41, 5.74) is 5.17. The van der Waals surface area contributed by atoms with Gasteiger partial charge in [-0.3, -0.25) is 0 Å². The molecule has 1 aromatic carbocycles. The first-order valence-corrected chi connectivity index (χ1v) is 6.42. The topological polar surface area (TPSA) is 107 Å². The number of anilines is 1. The highest BCUT2D eigenvalue weighted by Crippen LogP contribution is 2.28. The minimum absolute atomic E-state index is 0.1000. The van der Waals surface area contributed by atoms with Gasteiger partial charge in [0.1, 0.15) is 11.3 Å². The summed E-state index contributed by atoms with van der Waals surface area (Å²) in [5.74, 6) is -1.39. The Kier molecular flexibility index (Phi) is 3.62. The number of hydrogen-bond acceptors (Lipinski definition) is 6. The number of ether oxygens (including phenoxy) is 1. The van der Waals surface area contributed by atoms with Gasteiger partial charge >= 0.3 is 5.97 Å². The van der Waals surface area contributed by atoms with Crippen molar-refractivity contribution in [2.24, 2.45) is 0 Å². The average molecular weight is 259 g/mol. The van der Waals surface area contributed by atoms with Gasteiger partial charge in [0, 0.05) is 6.07 Å². The quantitative estimate of drug-likeness (QED) is 0.606. The van der Waals surface area contributed by atoms with Gasteiger partial charge in [0.15, 0.2) is 9.84 Å². The number of nitrogen functional groups attached to an aromatic ring is 1. The lowest BCUT2D eigenvalue weighted by molar-refractivity contribution is 0.0597. The maximum Gasteiger partial charge on any atom is 0.341 e. The van der Waals surface area contributed by atoms with E-state index in [1.807, 2.05) is 0 Å². The fourth-order valence-electron chi connectivity index (χ4n) is 1.28. The minimum atomic E-state index is -3.55. The number of benzene rings is 1. The van der Waals surface area contributed by atoms with Crippen molar-refractivity contribution < 1.29 is 23.1 Å². The first-order chi connectivity index (χ1) is 7.83. The fourth-order valence-corrected chi connectivity index (χ4v) is 2.31. The molecule has 0 atom stereocenters. The van der Waals surface area contributed by atoms with Crippen LogP contribution in [0, 0.1) is 0 Å². The summed E-state index contributed by atoms with van der Waals surface area (Å²) in [6.45, 7) is 1.46. The molecule has 0 bridgehead atoms. The first-order valence-electron chi connectivity index (χ1n) is 4.77. The van der Waals surface area contributed by atoms with Crippen molar-refractivity contribution in [2.45, 2.75) is 11.8 Å². The van der Waals surface area contributed by atoms with E-state index in [2.05, 4.69) is 4.74 Å². The van der Waals surface area contributed by atoms with Crippen LogP contribution in [0.3, 0.4) is 0 Å². The Morgan fingerprint density at radius 3 is 2.53 bits per heavy atom. The second-order valence-corrected chi connectivity index (χ2v) is 5.55. The van der Waals surface area contributed by atoms with Crippen molar-refractivity contribution >= 4 is 21.5 Å². The third-order valence-corrected chi connectivity index (χ3v) is 4.03. The molecule has 0 aromatic heterocycles. The van der Waals surface area contributed by atoms with E-state index in [-0.39, 0.29) is 21.9 Å². The van der Waals surface area contributed by atoms with Gasteiger partial charge in [0.2, 0.25) is 0 Å². The molecule has 3 N–H and O–H groups in total. The van der Waals surface area contributed by atoms with Gasteiger partial charge in [-0.2, -0.15) is 0 Å². The van der Waals surface area contributed by atoms with E-state index in [0.717, 1.165) is 19.2 Å². The third kappa shape index (κ3) is 2.50. The SMILES string of the molecule is CCS(=O)(=O)c1cc(C(=O)OC)c(O)cc1N. The molecule has 0 aliphatic carbocycles. The molecule has 17 heavy (non-hydrogen) atoms. The van der Waals surface area contributed by atoms with Crippen LogP contribution in [0.25, 0.3) is 0 Å². The Balaban J connectivity index is 3.50. The Morgan fingerprint density at radius 1 is 1.47 bits per heavy atom. The zero-order valence-electron chi connectivity index (χ0n) is 9.43. The van der Waals surface area contributed by atoms with Crippen LogP contribution in [0.5, 0.6) is 5.75 Å². The summed E-state index contributed by atoms with van der Waals surface area (Å²) in [5, 5.41) is 9.48. The number of carbonyl (C=O) groups excluding carboxylic acids is 1. The number of carbonyl (C=O) groups is 1. The van der Waals surface area contributed by atoms with Crippen molar-refractivity contribution in [3.63, 3.8) is 0 Å². The molecule has 94 valence electrons. The van der Waals surface area contributed by atoms with Crippen LogP contribution < -0.4 is 5.73 Å². The van der Waals surface area contributed by atoms with Gasteiger partial charge < -0.3 is 15.6 Å². The molecule has 7 heteroatoms. The van der Waals surface area contributed by atoms with E-state index in [1.165, 1.54) is 6.92 Å². The van der Waals surface area contributed by atoms with Gasteiger partial charge in [-0.05, 0) is 6.07 Å². The number of phenols is 1. The standard InChI is InChI=1S/C10H13NO5S/c1-3-17(14,15)9-4-6(10(13)16-2)8(12)5-7(9)11/h4-5,12H,3,11H2,1-2H3. The number of aromatic hydroxyl groups is 1. The predicted octanol–water partition coefficient (Wildman–Crippen LogP) is 0.555. The number of nitrogens with two attached hydrogens (primary N) is 1. The molecule has 0 spiro atoms. The van der Waals surface area contributed by atoms with Crippen LogP contribution in [0.2, 0.25) is 0 Å². The molecular weight excluding hydrogens is 246 g/mol. The molecular formula is C10H13NO5S. The summed E-state index contributed by atoms with van der Waals surface area (Å²) in [7, 11) is -2.42. The predicted molar refractivity (Wildman–Crippen MR) is 61.6 cm³/mol. The van der Waals surface area contributed by atoms with Crippen molar-refractivity contribution in [2.75, 3.05) is 18.6 Å². The first kappa shape index (κ1) is 13.3. The van der Waals surface area contributed by atoms with Crippen LogP contribution in [-0.2, 0) is 14.6 Å². The number of rotatable bonds is 3. The van der Waals surface area contributed by atoms with E-state index < -0.39 is 21.6 Å². The van der Waals surface area contributed by atoms with E-state index in [0.29, 0.717) is 0 Å². The second kappa shape index (κ2) is 4.62. The van der Waals surface area contributed by atoms with Crippen LogP contribution in [-0.4, -0.2) is 32.4 Å². The Morgan fingerprint density at radius 2 is 2.06 bits per heavy atom. The minimum Gasteiger partial charge on any atom is -0.507 e. The van der Waals surface area contributed by atoms with Gasteiger partial charge in [-0.25, -0.2) is 13.2 Å². The summed E-state index contributed by atoms with van der Waals surface area (Å²) in [6.07, 6.45) is 0. The summed E-state index contributed by atoms with van der Waals surface area (Å²) >= 11 is 0. The molecule has 0 aliphatic heterocycles. The van der Waals surface area contributed by atoms with Gasteiger partial charge in [0.25, 0.3) is 0 Å². The molecule has 0 radical (unpaired) electrons. The van der Waals surface area contributed by atoms with Crippen LogP contribution in [0.15, 0.2) is 17.0 Å². The zero-order valence-corrected chi connectivity index (χ0v) is 10.2. The molecule has 0 unspecified atom stereocenters. The van der Waals surface area contributed by atoms with Crippen molar-refractivity contribution in [3.8, 4) is 5.75 Å². The number of hydrogen-bond donors (Lipinski definition) is 2. The zero-order chi connectivity index (χ0) is 13.2. The molecule has 0 fully saturated rings. The van der Waals surface area contributed by atoms with Crippen LogP contribution >= 0.6 is 0 Å². The van der Waals surface area contributed by atoms with E-state index in [4.69, 9.17) is 5.73 Å². The van der Waals surface area contributed by atoms with Gasteiger partial charge in [-0.1, -0.05) is 6.92 Å². The monoisotopic (exact) mass is 259 g/mol. The molecule has 0 aliphatic rings. The summed E-state index contributed by atoms with van der Waals surface area (Å²) in [6, 6.07) is 2.05. The Bertz CT molecular complexity index is 550. The largest absolute Gasteiger partial charge is 0.507 e. The summed E-state index contributed by atoms with van der Waals surface area (Å²) in [4.78, 5) is 11.1. The molecule has 0 amide bonds. The molecule has 1 aromatic rings. The van der Waals surface area contributed by atoms with Crippen LogP contribution in [0.4, 0.5) is 5.69 Å². The average Bonchev–Trinajstić information content (AvgIpc) is 2.27. The lowest BCUT2D eigenvalue weighted by Crippen LogP contribution is -2.10. The van der Waals surface area contributed by atoms with E-state index in [1.54, 1.807) is 0 Å². The molecule has 0 saturated heterocycles. The van der Waals surface area contributed by atoms with Crippen LogP contribution in [0.1, 0.15) is 17.3 Å². The third-order valence-electron chi connectivity index (χ3n) is 2.25. The fraction of sp³-hybridized carbons (Fsp3) is 0.300. The molecule has 6 nitrogen and oxygen atoms in total. The highest BCUT2D eigenvalue weighted by atomic mass is 32.2. The lowest BCUT2D eigenvalue weighted by atomic mass is 10.2. The number of esters is 1. The second-order valence-electron chi connectivity index (χ2n) is 3.30. The molecule has 0 saturated carbocycles. The van der Waals surface area contributed by atoms with Gasteiger partial charge in [-0.15, -0.1) is 0 Å². The van der Waals surface area contributed by atoms with Crippen molar-refractivity contribution in [1.29, 1.82) is 0 Å². The highest BCUT2D eigenvalue weighted by Gasteiger charge is 2.21. The maximum absolute atomic E-state index is 11.7. The van der Waals surface area contributed by atoms with Crippen molar-refractivity contribution in [3.05, 3.63) is 17.7 Å². The van der Waals surface area contributed by atoms with Gasteiger partial charge in [0.05, 0.1) is 23.4 Å². The normalized spacial score (nSPS) is 11.2. The Labute approximate surface area is 98.9 Å². The number of methoxy groups -OCH3 is 1. The molecule has 1 rings (SSSR count). The van der Waals surface area contributed by atoms with Crippen molar-refractivity contribution in [1.82, 2.24) is 0 Å². The number of sulfone groups is 1. The highest BCUT2D eigenvalue weighted by molar-refractivity contribution is 7.91. The smallest absolute Gasteiger partial charge is 0.341 e. The Hall–Kier alpha value is -1.76. The van der Waals surface area contributed by atoms with E-state index >= 15 is 0 Å².